The maximum atomic E-state index is 5.45. The lowest BCUT2D eigenvalue weighted by Gasteiger charge is -2.24. The second-order valence-electron chi connectivity index (χ2n) is 5.69. The van der Waals surface area contributed by atoms with Crippen LogP contribution >= 0.6 is 0 Å². The number of fused-ring (bicyclic) bond motifs is 1. The number of rotatable bonds is 4. The van der Waals surface area contributed by atoms with Crippen molar-refractivity contribution in [3.63, 3.8) is 0 Å². The Bertz CT molecular complexity index is 643. The average Bonchev–Trinajstić information content (AvgIpc) is 2.97. The van der Waals surface area contributed by atoms with Gasteiger partial charge in [-0.3, -0.25) is 4.68 Å². The van der Waals surface area contributed by atoms with Gasteiger partial charge < -0.3 is 10.1 Å². The highest BCUT2D eigenvalue weighted by Gasteiger charge is 2.24. The lowest BCUT2D eigenvalue weighted by Crippen LogP contribution is -2.25. The number of hydrogen-bond donors (Lipinski definition) is 1. The van der Waals surface area contributed by atoms with Crippen LogP contribution in [0.5, 0.6) is 5.88 Å². The van der Waals surface area contributed by atoms with E-state index in [1.807, 2.05) is 31.9 Å². The number of nitrogens with one attached hydrogen (secondary N) is 1. The van der Waals surface area contributed by atoms with E-state index in [4.69, 9.17) is 4.74 Å². The molecule has 6 heteroatoms. The molecule has 2 heterocycles. The molecular formula is C15H23N5O. The summed E-state index contributed by atoms with van der Waals surface area (Å²) in [7, 11) is 5.63. The van der Waals surface area contributed by atoms with E-state index >= 15 is 0 Å². The van der Waals surface area contributed by atoms with Crippen molar-refractivity contribution in [2.45, 2.75) is 38.8 Å². The van der Waals surface area contributed by atoms with Crippen molar-refractivity contribution in [3.05, 3.63) is 28.7 Å². The predicted molar refractivity (Wildman–Crippen MR) is 80.2 cm³/mol. The van der Waals surface area contributed by atoms with Crippen LogP contribution in [0, 0.1) is 6.92 Å². The van der Waals surface area contributed by atoms with Gasteiger partial charge in [-0.05, 0) is 26.2 Å². The molecule has 0 bridgehead atoms. The SMILES string of the molecule is COc1c(CNC2CCCc3c2cnn3C)c(C)nn1C. The van der Waals surface area contributed by atoms with Crippen LogP contribution in [-0.2, 0) is 27.1 Å². The molecule has 0 saturated carbocycles. The maximum Gasteiger partial charge on any atom is 0.216 e. The second kappa shape index (κ2) is 5.52. The van der Waals surface area contributed by atoms with Gasteiger partial charge in [-0.15, -0.1) is 0 Å². The van der Waals surface area contributed by atoms with E-state index in [1.54, 1.807) is 11.8 Å². The minimum absolute atomic E-state index is 0.367. The molecule has 114 valence electrons. The second-order valence-corrected chi connectivity index (χ2v) is 5.69. The van der Waals surface area contributed by atoms with Gasteiger partial charge >= 0.3 is 0 Å². The van der Waals surface area contributed by atoms with Crippen LogP contribution in [0.25, 0.3) is 0 Å². The van der Waals surface area contributed by atoms with Crippen LogP contribution < -0.4 is 10.1 Å². The Labute approximate surface area is 125 Å². The average molecular weight is 289 g/mol. The Morgan fingerprint density at radius 3 is 2.95 bits per heavy atom. The molecule has 1 unspecified atom stereocenters. The zero-order chi connectivity index (χ0) is 15.0. The summed E-state index contributed by atoms with van der Waals surface area (Å²) in [6.45, 7) is 2.79. The normalized spacial score (nSPS) is 17.8. The summed E-state index contributed by atoms with van der Waals surface area (Å²) in [4.78, 5) is 0. The smallest absolute Gasteiger partial charge is 0.216 e. The highest BCUT2D eigenvalue weighted by molar-refractivity contribution is 5.31. The van der Waals surface area contributed by atoms with Crippen LogP contribution in [0.1, 0.15) is 41.4 Å². The highest BCUT2D eigenvalue weighted by Crippen LogP contribution is 2.30. The molecule has 0 saturated heterocycles. The summed E-state index contributed by atoms with van der Waals surface area (Å²) in [6.07, 6.45) is 5.48. The standard InChI is InChI=1S/C15H23N5O/c1-10-11(15(21-4)20(3)18-10)8-16-13-6-5-7-14-12(13)9-17-19(14)2/h9,13,16H,5-8H2,1-4H3. The summed E-state index contributed by atoms with van der Waals surface area (Å²) in [6, 6.07) is 0.367. The van der Waals surface area contributed by atoms with Crippen molar-refractivity contribution in [2.75, 3.05) is 7.11 Å². The number of aryl methyl sites for hydroxylation is 3. The Balaban J connectivity index is 1.77. The molecule has 1 aliphatic rings. The minimum atomic E-state index is 0.367. The third kappa shape index (κ3) is 2.44. The highest BCUT2D eigenvalue weighted by atomic mass is 16.5. The van der Waals surface area contributed by atoms with Crippen molar-refractivity contribution >= 4 is 0 Å². The van der Waals surface area contributed by atoms with E-state index < -0.39 is 0 Å². The zero-order valence-electron chi connectivity index (χ0n) is 13.2. The molecule has 1 atom stereocenters. The van der Waals surface area contributed by atoms with Crippen molar-refractivity contribution < 1.29 is 4.74 Å². The van der Waals surface area contributed by atoms with Crippen LogP contribution in [0.4, 0.5) is 0 Å². The van der Waals surface area contributed by atoms with Crippen molar-refractivity contribution in [1.29, 1.82) is 0 Å². The molecule has 2 aromatic heterocycles. The number of methoxy groups -OCH3 is 1. The summed E-state index contributed by atoms with van der Waals surface area (Å²) in [5.74, 6) is 0.835. The summed E-state index contributed by atoms with van der Waals surface area (Å²) in [5, 5.41) is 12.5. The lowest BCUT2D eigenvalue weighted by atomic mass is 9.93. The third-order valence-electron chi connectivity index (χ3n) is 4.38. The quantitative estimate of drug-likeness (QED) is 0.929. The van der Waals surface area contributed by atoms with Gasteiger partial charge in [-0.1, -0.05) is 0 Å². The first-order valence-electron chi connectivity index (χ1n) is 7.42. The molecule has 21 heavy (non-hydrogen) atoms. The molecule has 0 fully saturated rings. The Morgan fingerprint density at radius 1 is 1.38 bits per heavy atom. The van der Waals surface area contributed by atoms with E-state index in [0.29, 0.717) is 6.04 Å². The molecule has 6 nitrogen and oxygen atoms in total. The van der Waals surface area contributed by atoms with Gasteiger partial charge in [0.05, 0.1) is 24.6 Å². The first-order valence-corrected chi connectivity index (χ1v) is 7.42. The van der Waals surface area contributed by atoms with Crippen LogP contribution in [0.2, 0.25) is 0 Å². The van der Waals surface area contributed by atoms with Crippen LogP contribution in [0.3, 0.4) is 0 Å². The van der Waals surface area contributed by atoms with E-state index in [2.05, 4.69) is 15.5 Å². The summed E-state index contributed by atoms with van der Waals surface area (Å²) >= 11 is 0. The Kier molecular flexibility index (Phi) is 3.71. The molecule has 0 spiro atoms. The molecule has 3 rings (SSSR count). The van der Waals surface area contributed by atoms with Gasteiger partial charge in [-0.2, -0.15) is 10.2 Å². The fourth-order valence-electron chi connectivity index (χ4n) is 3.28. The fraction of sp³-hybridized carbons (Fsp3) is 0.600. The van der Waals surface area contributed by atoms with Gasteiger partial charge in [0.2, 0.25) is 5.88 Å². The van der Waals surface area contributed by atoms with Crippen molar-refractivity contribution in [1.82, 2.24) is 24.9 Å². The van der Waals surface area contributed by atoms with Gasteiger partial charge in [0.25, 0.3) is 0 Å². The van der Waals surface area contributed by atoms with E-state index in [9.17, 15) is 0 Å². The monoisotopic (exact) mass is 289 g/mol. The maximum absolute atomic E-state index is 5.45. The molecule has 2 aromatic rings. The van der Waals surface area contributed by atoms with E-state index in [0.717, 1.165) is 36.5 Å². The molecule has 1 aliphatic carbocycles. The van der Waals surface area contributed by atoms with E-state index in [1.165, 1.54) is 17.7 Å². The predicted octanol–water partition coefficient (Wildman–Crippen LogP) is 1.64. The lowest BCUT2D eigenvalue weighted by molar-refractivity contribution is 0.365. The largest absolute Gasteiger partial charge is 0.481 e. The number of ether oxygens (including phenoxy) is 1. The molecule has 0 radical (unpaired) electrons. The van der Waals surface area contributed by atoms with Gasteiger partial charge in [0.15, 0.2) is 0 Å². The molecule has 0 aliphatic heterocycles. The number of nitrogens with zero attached hydrogens (tertiary/aromatic N) is 4. The molecule has 0 amide bonds. The molecule has 0 aromatic carbocycles. The van der Waals surface area contributed by atoms with E-state index in [-0.39, 0.29) is 0 Å². The van der Waals surface area contributed by atoms with Crippen LogP contribution in [-0.4, -0.2) is 26.7 Å². The topological polar surface area (TPSA) is 56.9 Å². The van der Waals surface area contributed by atoms with Crippen molar-refractivity contribution in [3.8, 4) is 5.88 Å². The van der Waals surface area contributed by atoms with Gasteiger partial charge in [-0.25, -0.2) is 4.68 Å². The number of aromatic nitrogens is 4. The summed E-state index contributed by atoms with van der Waals surface area (Å²) < 4.78 is 9.25. The Morgan fingerprint density at radius 2 is 2.19 bits per heavy atom. The molecular weight excluding hydrogens is 266 g/mol. The minimum Gasteiger partial charge on any atom is -0.481 e. The third-order valence-corrected chi connectivity index (χ3v) is 4.38. The summed E-state index contributed by atoms with van der Waals surface area (Å²) in [5.41, 5.74) is 4.85. The first kappa shape index (κ1) is 14.1. The molecule has 1 N–H and O–H groups in total. The first-order chi connectivity index (χ1) is 10.1. The van der Waals surface area contributed by atoms with Gasteiger partial charge in [0, 0.05) is 37.9 Å². The Hall–Kier alpha value is -1.82. The van der Waals surface area contributed by atoms with Crippen LogP contribution in [0.15, 0.2) is 6.20 Å². The zero-order valence-corrected chi connectivity index (χ0v) is 13.2. The fourth-order valence-corrected chi connectivity index (χ4v) is 3.28. The van der Waals surface area contributed by atoms with Gasteiger partial charge in [0.1, 0.15) is 0 Å². The number of hydrogen-bond acceptors (Lipinski definition) is 4. The van der Waals surface area contributed by atoms with Crippen molar-refractivity contribution in [2.24, 2.45) is 14.1 Å².